The maximum atomic E-state index is 10.7. The first-order valence-corrected chi connectivity index (χ1v) is 8.56. The van der Waals surface area contributed by atoms with Crippen LogP contribution in [0.2, 0.25) is 0 Å². The highest BCUT2D eigenvalue weighted by atomic mass is 16.7. The van der Waals surface area contributed by atoms with Gasteiger partial charge in [0.1, 0.15) is 5.75 Å². The highest BCUT2D eigenvalue weighted by molar-refractivity contribution is 5.58. The van der Waals surface area contributed by atoms with Gasteiger partial charge in [-0.2, -0.15) is 0 Å². The van der Waals surface area contributed by atoms with E-state index in [2.05, 4.69) is 4.98 Å². The molecule has 1 aromatic heterocycles. The third kappa shape index (κ3) is 2.92. The Balaban J connectivity index is 1.92. The second kappa shape index (κ2) is 7.22. The SMILES string of the molecule is COc1cc([C@@H](c2cc3c(cc2O)OCO3)n2ccnc2)cc(OC)c1OC. The molecule has 0 aliphatic carbocycles. The Morgan fingerprint density at radius 3 is 2.25 bits per heavy atom. The van der Waals surface area contributed by atoms with Gasteiger partial charge in [0, 0.05) is 24.0 Å². The first-order valence-electron chi connectivity index (χ1n) is 8.56. The summed E-state index contributed by atoms with van der Waals surface area (Å²) in [4.78, 5) is 4.15. The lowest BCUT2D eigenvalue weighted by Crippen LogP contribution is -2.12. The quantitative estimate of drug-likeness (QED) is 0.699. The van der Waals surface area contributed by atoms with E-state index >= 15 is 0 Å². The summed E-state index contributed by atoms with van der Waals surface area (Å²) in [5.74, 6) is 2.69. The van der Waals surface area contributed by atoms with E-state index in [1.807, 2.05) is 22.9 Å². The number of hydrogen-bond acceptors (Lipinski definition) is 7. The summed E-state index contributed by atoms with van der Waals surface area (Å²) in [5, 5.41) is 10.7. The van der Waals surface area contributed by atoms with Gasteiger partial charge in [0.15, 0.2) is 23.0 Å². The summed E-state index contributed by atoms with van der Waals surface area (Å²) >= 11 is 0. The number of imidazole rings is 1. The molecule has 1 aliphatic rings. The molecule has 0 fully saturated rings. The Morgan fingerprint density at radius 2 is 1.68 bits per heavy atom. The van der Waals surface area contributed by atoms with Crippen molar-refractivity contribution < 1.29 is 28.8 Å². The molecule has 0 radical (unpaired) electrons. The number of methoxy groups -OCH3 is 3. The molecule has 0 spiro atoms. The molecule has 1 aliphatic heterocycles. The number of ether oxygens (including phenoxy) is 5. The molecule has 3 aromatic rings. The minimum atomic E-state index is -0.411. The Labute approximate surface area is 161 Å². The van der Waals surface area contributed by atoms with Crippen LogP contribution >= 0.6 is 0 Å². The number of hydrogen-bond donors (Lipinski definition) is 1. The number of aromatic nitrogens is 2. The van der Waals surface area contributed by atoms with Gasteiger partial charge in [-0.1, -0.05) is 0 Å². The Hall–Kier alpha value is -3.55. The molecule has 1 atom stereocenters. The highest BCUT2D eigenvalue weighted by Gasteiger charge is 2.27. The molecule has 8 heteroatoms. The molecular weight excluding hydrogens is 364 g/mol. The van der Waals surface area contributed by atoms with Crippen molar-refractivity contribution in [3.05, 3.63) is 54.1 Å². The maximum Gasteiger partial charge on any atom is 0.231 e. The first-order chi connectivity index (χ1) is 13.7. The molecule has 146 valence electrons. The molecule has 2 heterocycles. The van der Waals surface area contributed by atoms with Gasteiger partial charge in [-0.15, -0.1) is 0 Å². The zero-order chi connectivity index (χ0) is 19.7. The molecule has 0 unspecified atom stereocenters. The lowest BCUT2D eigenvalue weighted by Gasteiger charge is -2.23. The second-order valence-electron chi connectivity index (χ2n) is 6.14. The minimum absolute atomic E-state index is 0.0803. The van der Waals surface area contributed by atoms with E-state index in [9.17, 15) is 5.11 Å². The smallest absolute Gasteiger partial charge is 0.231 e. The lowest BCUT2D eigenvalue weighted by molar-refractivity contribution is 0.174. The lowest BCUT2D eigenvalue weighted by atomic mass is 9.96. The fourth-order valence-corrected chi connectivity index (χ4v) is 3.36. The predicted molar refractivity (Wildman–Crippen MR) is 99.8 cm³/mol. The monoisotopic (exact) mass is 384 g/mol. The van der Waals surface area contributed by atoms with Crippen LogP contribution in [0.3, 0.4) is 0 Å². The molecule has 28 heavy (non-hydrogen) atoms. The number of phenols is 1. The zero-order valence-corrected chi connectivity index (χ0v) is 15.7. The standard InChI is InChI=1S/C20H20N2O6/c1-24-17-6-12(7-18(25-2)20(17)26-3)19(22-5-4-21-10-22)13-8-15-16(9-14(13)23)28-11-27-15/h4-10,19,23H,11H2,1-3H3/t19-/m0/s1. The summed E-state index contributed by atoms with van der Waals surface area (Å²) in [7, 11) is 4.67. The molecule has 1 N–H and O–H groups in total. The van der Waals surface area contributed by atoms with E-state index in [1.165, 1.54) is 0 Å². The van der Waals surface area contributed by atoms with Gasteiger partial charge in [-0.25, -0.2) is 4.98 Å². The number of rotatable bonds is 6. The molecule has 0 amide bonds. The molecule has 0 bridgehead atoms. The number of aromatic hydroxyl groups is 1. The van der Waals surface area contributed by atoms with Crippen LogP contribution in [0.1, 0.15) is 17.2 Å². The summed E-state index contributed by atoms with van der Waals surface area (Å²) in [5.41, 5.74) is 1.43. The normalized spacial score (nSPS) is 13.2. The zero-order valence-electron chi connectivity index (χ0n) is 15.7. The van der Waals surface area contributed by atoms with Crippen LogP contribution in [0, 0.1) is 0 Å². The largest absolute Gasteiger partial charge is 0.507 e. The summed E-state index contributed by atoms with van der Waals surface area (Å²) in [6.07, 6.45) is 5.17. The van der Waals surface area contributed by atoms with Gasteiger partial charge >= 0.3 is 0 Å². The number of nitrogens with zero attached hydrogens (tertiary/aromatic N) is 2. The average Bonchev–Trinajstić information content (AvgIpc) is 3.39. The van der Waals surface area contributed by atoms with E-state index in [0.29, 0.717) is 34.3 Å². The fraction of sp³-hybridized carbons (Fsp3) is 0.250. The van der Waals surface area contributed by atoms with Crippen LogP contribution in [0.15, 0.2) is 43.0 Å². The van der Waals surface area contributed by atoms with Gasteiger partial charge in [-0.05, 0) is 23.8 Å². The summed E-state index contributed by atoms with van der Waals surface area (Å²) < 4.78 is 29.1. The van der Waals surface area contributed by atoms with Crippen LogP contribution in [-0.4, -0.2) is 42.8 Å². The van der Waals surface area contributed by atoms with Crippen LogP contribution < -0.4 is 23.7 Å². The van der Waals surface area contributed by atoms with Crippen molar-refractivity contribution in [2.45, 2.75) is 6.04 Å². The van der Waals surface area contributed by atoms with Crippen molar-refractivity contribution in [2.75, 3.05) is 28.1 Å². The number of fused-ring (bicyclic) bond motifs is 1. The fourth-order valence-electron chi connectivity index (χ4n) is 3.36. The molecular formula is C20H20N2O6. The van der Waals surface area contributed by atoms with E-state index in [-0.39, 0.29) is 12.5 Å². The summed E-state index contributed by atoms with van der Waals surface area (Å²) in [6, 6.07) is 6.60. The molecule has 0 saturated carbocycles. The Morgan fingerprint density at radius 1 is 1.00 bits per heavy atom. The summed E-state index contributed by atoms with van der Waals surface area (Å²) in [6.45, 7) is 0.123. The van der Waals surface area contributed by atoms with E-state index in [4.69, 9.17) is 23.7 Å². The van der Waals surface area contributed by atoms with Crippen LogP contribution in [0.25, 0.3) is 0 Å². The maximum absolute atomic E-state index is 10.7. The number of phenolic OH excluding ortho intramolecular Hbond substituents is 1. The molecule has 4 rings (SSSR count). The van der Waals surface area contributed by atoms with Gasteiger partial charge in [0.25, 0.3) is 0 Å². The number of benzene rings is 2. The van der Waals surface area contributed by atoms with Gasteiger partial charge in [0.05, 0.1) is 33.7 Å². The van der Waals surface area contributed by atoms with Crippen LogP contribution in [-0.2, 0) is 0 Å². The molecule has 8 nitrogen and oxygen atoms in total. The van der Waals surface area contributed by atoms with Crippen molar-refractivity contribution in [1.82, 2.24) is 9.55 Å². The predicted octanol–water partition coefficient (Wildman–Crippen LogP) is 2.98. The van der Waals surface area contributed by atoms with E-state index < -0.39 is 6.04 Å². The third-order valence-electron chi connectivity index (χ3n) is 4.64. The minimum Gasteiger partial charge on any atom is -0.507 e. The van der Waals surface area contributed by atoms with Crippen molar-refractivity contribution in [3.63, 3.8) is 0 Å². The van der Waals surface area contributed by atoms with E-state index in [1.54, 1.807) is 46.0 Å². The highest BCUT2D eigenvalue weighted by Crippen LogP contribution is 2.46. The van der Waals surface area contributed by atoms with E-state index in [0.717, 1.165) is 5.56 Å². The van der Waals surface area contributed by atoms with Gasteiger partial charge < -0.3 is 33.4 Å². The second-order valence-corrected chi connectivity index (χ2v) is 6.14. The van der Waals surface area contributed by atoms with Crippen LogP contribution in [0.5, 0.6) is 34.5 Å². The van der Waals surface area contributed by atoms with Crippen LogP contribution in [0.4, 0.5) is 0 Å². The molecule has 2 aromatic carbocycles. The average molecular weight is 384 g/mol. The Bertz CT molecular complexity index is 962. The van der Waals surface area contributed by atoms with Crippen molar-refractivity contribution >= 4 is 0 Å². The molecule has 0 saturated heterocycles. The van der Waals surface area contributed by atoms with Crippen molar-refractivity contribution in [1.29, 1.82) is 0 Å². The van der Waals surface area contributed by atoms with Gasteiger partial charge in [0.2, 0.25) is 12.5 Å². The Kier molecular flexibility index (Phi) is 4.60. The third-order valence-corrected chi connectivity index (χ3v) is 4.64. The first kappa shape index (κ1) is 17.8. The van der Waals surface area contributed by atoms with Crippen molar-refractivity contribution in [2.24, 2.45) is 0 Å². The van der Waals surface area contributed by atoms with Gasteiger partial charge in [-0.3, -0.25) is 0 Å². The van der Waals surface area contributed by atoms with Crippen molar-refractivity contribution in [3.8, 4) is 34.5 Å². The topological polar surface area (TPSA) is 84.2 Å².